The summed E-state index contributed by atoms with van der Waals surface area (Å²) in [5, 5.41) is 9.14. The normalized spacial score (nSPS) is 15.1. The van der Waals surface area contributed by atoms with Crippen LogP contribution in [0.15, 0.2) is 0 Å². The number of rotatable bonds is 7. The van der Waals surface area contributed by atoms with Crippen LogP contribution in [-0.2, 0) is 0 Å². The fourth-order valence-electron chi connectivity index (χ4n) is 2.03. The summed E-state index contributed by atoms with van der Waals surface area (Å²) in [7, 11) is 0. The lowest BCUT2D eigenvalue weighted by Gasteiger charge is -2.37. The largest absolute Gasteiger partial charge is 0.464 e. The third-order valence-electron chi connectivity index (χ3n) is 3.18. The zero-order valence-corrected chi connectivity index (χ0v) is 11.8. The Morgan fingerprint density at radius 3 is 2.74 bits per heavy atom. The van der Waals surface area contributed by atoms with Gasteiger partial charge in [-0.1, -0.05) is 0 Å². The molecule has 0 aliphatic heterocycles. The van der Waals surface area contributed by atoms with Gasteiger partial charge in [-0.3, -0.25) is 0 Å². The van der Waals surface area contributed by atoms with E-state index in [2.05, 4.69) is 19.9 Å². The molecule has 7 heteroatoms. The summed E-state index contributed by atoms with van der Waals surface area (Å²) in [6, 6.07) is 0.685. The second kappa shape index (κ2) is 6.86. The van der Waals surface area contributed by atoms with Gasteiger partial charge in [-0.2, -0.15) is 15.0 Å². The minimum atomic E-state index is 0.141. The van der Waals surface area contributed by atoms with E-state index in [9.17, 15) is 0 Å². The molecule has 1 fully saturated rings. The van der Waals surface area contributed by atoms with E-state index < -0.39 is 0 Å². The molecule has 0 atom stereocenters. The summed E-state index contributed by atoms with van der Waals surface area (Å²) >= 11 is 5.91. The van der Waals surface area contributed by atoms with Crippen LogP contribution in [0.2, 0.25) is 5.28 Å². The molecular formula is C12H19ClN4O2. The smallest absolute Gasteiger partial charge is 0.322 e. The molecule has 1 aliphatic rings. The predicted octanol–water partition coefficient (Wildman–Crippen LogP) is 1.66. The predicted molar refractivity (Wildman–Crippen MR) is 72.7 cm³/mol. The van der Waals surface area contributed by atoms with Gasteiger partial charge in [0.05, 0.1) is 6.61 Å². The third-order valence-corrected chi connectivity index (χ3v) is 3.35. The Morgan fingerprint density at radius 2 is 2.16 bits per heavy atom. The van der Waals surface area contributed by atoms with Crippen LogP contribution in [0, 0.1) is 0 Å². The van der Waals surface area contributed by atoms with E-state index in [0.717, 1.165) is 12.8 Å². The van der Waals surface area contributed by atoms with E-state index in [1.54, 1.807) is 0 Å². The zero-order valence-electron chi connectivity index (χ0n) is 11.0. The Labute approximate surface area is 117 Å². The average Bonchev–Trinajstić information content (AvgIpc) is 2.31. The van der Waals surface area contributed by atoms with Gasteiger partial charge in [-0.05, 0) is 44.2 Å². The first-order valence-electron chi connectivity index (χ1n) is 6.66. The van der Waals surface area contributed by atoms with E-state index in [4.69, 9.17) is 21.4 Å². The van der Waals surface area contributed by atoms with Crippen molar-refractivity contribution in [3.05, 3.63) is 5.28 Å². The number of aliphatic hydroxyl groups excluding tert-OH is 1. The Kier molecular flexibility index (Phi) is 5.15. The topological polar surface area (TPSA) is 71.4 Å². The fraction of sp³-hybridized carbons (Fsp3) is 0.750. The van der Waals surface area contributed by atoms with Crippen LogP contribution in [0.1, 0.15) is 32.6 Å². The molecule has 1 saturated carbocycles. The molecule has 1 aromatic heterocycles. The summed E-state index contributed by atoms with van der Waals surface area (Å²) in [4.78, 5) is 14.5. The van der Waals surface area contributed by atoms with Crippen LogP contribution in [-0.4, -0.2) is 45.9 Å². The molecule has 0 bridgehead atoms. The van der Waals surface area contributed by atoms with Crippen LogP contribution in [0.5, 0.6) is 6.01 Å². The van der Waals surface area contributed by atoms with Crippen LogP contribution in [0.3, 0.4) is 0 Å². The van der Waals surface area contributed by atoms with Crippen molar-refractivity contribution in [2.75, 3.05) is 24.7 Å². The first kappa shape index (κ1) is 14.3. The summed E-state index contributed by atoms with van der Waals surface area (Å²) in [5.41, 5.74) is 0. The van der Waals surface area contributed by atoms with Crippen molar-refractivity contribution in [2.24, 2.45) is 0 Å². The molecule has 0 unspecified atom stereocenters. The van der Waals surface area contributed by atoms with E-state index in [1.807, 2.05) is 6.92 Å². The van der Waals surface area contributed by atoms with Crippen LogP contribution in [0.4, 0.5) is 5.95 Å². The molecule has 106 valence electrons. The number of anilines is 1. The Hall–Kier alpha value is -1.14. The number of nitrogens with zero attached hydrogens (tertiary/aromatic N) is 4. The van der Waals surface area contributed by atoms with Gasteiger partial charge < -0.3 is 14.7 Å². The van der Waals surface area contributed by atoms with Crippen molar-refractivity contribution in [1.82, 2.24) is 15.0 Å². The lowest BCUT2D eigenvalue weighted by molar-refractivity contribution is 0.281. The minimum Gasteiger partial charge on any atom is -0.464 e. The molecule has 1 heterocycles. The third kappa shape index (κ3) is 3.67. The zero-order chi connectivity index (χ0) is 13.7. The Balaban J connectivity index is 2.18. The summed E-state index contributed by atoms with van der Waals surface area (Å²) in [6.45, 7) is 3.22. The SMILES string of the molecule is CCOc1nc(Cl)nc(N(CCCO)C2CCC2)n1. The molecule has 1 aliphatic carbocycles. The average molecular weight is 287 g/mol. The molecule has 1 N–H and O–H groups in total. The van der Waals surface area contributed by atoms with Crippen molar-refractivity contribution in [2.45, 2.75) is 38.6 Å². The minimum absolute atomic E-state index is 0.141. The van der Waals surface area contributed by atoms with Crippen molar-refractivity contribution >= 4 is 17.5 Å². The lowest BCUT2D eigenvalue weighted by Crippen LogP contribution is -2.42. The van der Waals surface area contributed by atoms with Gasteiger partial charge in [0.15, 0.2) is 0 Å². The summed E-state index contributed by atoms with van der Waals surface area (Å²) in [6.07, 6.45) is 4.15. The number of halogens is 1. The maximum absolute atomic E-state index is 9.00. The highest BCUT2D eigenvalue weighted by atomic mass is 35.5. The number of hydrogen-bond donors (Lipinski definition) is 1. The number of aromatic nitrogens is 3. The van der Waals surface area contributed by atoms with Gasteiger partial charge in [-0.15, -0.1) is 0 Å². The quantitative estimate of drug-likeness (QED) is 0.822. The number of ether oxygens (including phenoxy) is 1. The van der Waals surface area contributed by atoms with E-state index in [1.165, 1.54) is 6.42 Å². The number of aliphatic hydroxyl groups is 1. The van der Waals surface area contributed by atoms with Crippen LogP contribution >= 0.6 is 11.6 Å². The highest BCUT2D eigenvalue weighted by Crippen LogP contribution is 2.28. The molecule has 0 radical (unpaired) electrons. The Morgan fingerprint density at radius 1 is 1.37 bits per heavy atom. The molecule has 0 aromatic carbocycles. The Bertz CT molecular complexity index is 415. The maximum atomic E-state index is 9.00. The standard InChI is InChI=1S/C12H19ClN4O2/c1-2-19-12-15-10(13)14-11(16-12)17(7-4-8-18)9-5-3-6-9/h9,18H,2-8H2,1H3. The molecular weight excluding hydrogens is 268 g/mol. The van der Waals surface area contributed by atoms with Crippen molar-refractivity contribution in [3.63, 3.8) is 0 Å². The number of hydrogen-bond acceptors (Lipinski definition) is 6. The maximum Gasteiger partial charge on any atom is 0.322 e. The highest BCUT2D eigenvalue weighted by Gasteiger charge is 2.27. The van der Waals surface area contributed by atoms with E-state index >= 15 is 0 Å². The van der Waals surface area contributed by atoms with Gasteiger partial charge in [0.2, 0.25) is 11.2 Å². The van der Waals surface area contributed by atoms with Gasteiger partial charge in [0.1, 0.15) is 0 Å². The second-order valence-corrected chi connectivity index (χ2v) is 4.81. The molecule has 19 heavy (non-hydrogen) atoms. The molecule has 0 amide bonds. The van der Waals surface area contributed by atoms with Crippen molar-refractivity contribution in [3.8, 4) is 6.01 Å². The summed E-state index contributed by atoms with van der Waals surface area (Å²) < 4.78 is 5.29. The van der Waals surface area contributed by atoms with Crippen molar-refractivity contribution in [1.29, 1.82) is 0 Å². The van der Waals surface area contributed by atoms with Crippen LogP contribution < -0.4 is 9.64 Å². The summed E-state index contributed by atoms with van der Waals surface area (Å²) in [5.74, 6) is 0.543. The highest BCUT2D eigenvalue weighted by molar-refractivity contribution is 6.28. The first-order chi connectivity index (χ1) is 9.24. The fourth-order valence-corrected chi connectivity index (χ4v) is 2.18. The van der Waals surface area contributed by atoms with Crippen LogP contribution in [0.25, 0.3) is 0 Å². The lowest BCUT2D eigenvalue weighted by atomic mass is 9.91. The monoisotopic (exact) mass is 286 g/mol. The first-order valence-corrected chi connectivity index (χ1v) is 7.04. The van der Waals surface area contributed by atoms with Gasteiger partial charge in [0.25, 0.3) is 0 Å². The van der Waals surface area contributed by atoms with E-state index in [-0.39, 0.29) is 17.9 Å². The molecule has 0 spiro atoms. The molecule has 2 rings (SSSR count). The molecule has 1 aromatic rings. The second-order valence-electron chi connectivity index (χ2n) is 4.48. The van der Waals surface area contributed by atoms with Gasteiger partial charge >= 0.3 is 6.01 Å². The van der Waals surface area contributed by atoms with Crippen molar-refractivity contribution < 1.29 is 9.84 Å². The van der Waals surface area contributed by atoms with E-state index in [0.29, 0.717) is 31.6 Å². The molecule has 0 saturated heterocycles. The van der Waals surface area contributed by atoms with Gasteiger partial charge in [0, 0.05) is 19.2 Å². The molecule has 6 nitrogen and oxygen atoms in total. The van der Waals surface area contributed by atoms with Gasteiger partial charge in [-0.25, -0.2) is 0 Å².